The van der Waals surface area contributed by atoms with Gasteiger partial charge in [0, 0.05) is 15.8 Å². The molecule has 2 N–H and O–H groups in total. The zero-order chi connectivity index (χ0) is 20.1. The van der Waals surface area contributed by atoms with Gasteiger partial charge in [0.25, 0.3) is 0 Å². The first kappa shape index (κ1) is 21.4. The summed E-state index contributed by atoms with van der Waals surface area (Å²) in [5.74, 6) is 0.0728. The SMILES string of the molecule is [C-]#[N+]/N=C(\N)c1csc(CN(C(=O)OC(C)(C)C)C(=O)OC(C)(C)C)c1. The number of nitrogens with zero attached hydrogens (tertiary/aromatic N) is 3. The molecule has 0 aliphatic heterocycles. The van der Waals surface area contributed by atoms with Crippen molar-refractivity contribution in [3.63, 3.8) is 0 Å². The molecular formula is C17H24N4O4S. The van der Waals surface area contributed by atoms with Crippen molar-refractivity contribution in [1.29, 1.82) is 0 Å². The van der Waals surface area contributed by atoms with Crippen molar-refractivity contribution in [1.82, 2.24) is 4.90 Å². The minimum Gasteiger partial charge on any atom is -0.443 e. The van der Waals surface area contributed by atoms with Crippen LogP contribution in [0.2, 0.25) is 0 Å². The second-order valence-electron chi connectivity index (χ2n) is 7.43. The summed E-state index contributed by atoms with van der Waals surface area (Å²) in [5.41, 5.74) is 4.71. The molecule has 9 heteroatoms. The molecule has 1 heterocycles. The Morgan fingerprint density at radius 1 is 1.19 bits per heavy atom. The number of carbonyl (C=O) groups is 2. The smallest absolute Gasteiger partial charge is 0.420 e. The number of carbonyl (C=O) groups excluding carboxylic acids is 2. The van der Waals surface area contributed by atoms with Crippen LogP contribution in [-0.2, 0) is 16.0 Å². The number of rotatable bonds is 3. The summed E-state index contributed by atoms with van der Waals surface area (Å²) in [6.45, 7) is 16.9. The lowest BCUT2D eigenvalue weighted by molar-refractivity contribution is -0.0000508. The molecule has 1 aromatic heterocycles. The van der Waals surface area contributed by atoms with Crippen LogP contribution in [0.4, 0.5) is 9.59 Å². The van der Waals surface area contributed by atoms with Crippen molar-refractivity contribution in [2.45, 2.75) is 59.3 Å². The topological polar surface area (TPSA) is 98.6 Å². The Labute approximate surface area is 157 Å². The lowest BCUT2D eigenvalue weighted by Gasteiger charge is -2.28. The minimum absolute atomic E-state index is 0.0419. The molecule has 0 aromatic carbocycles. The van der Waals surface area contributed by atoms with Gasteiger partial charge in [-0.15, -0.1) is 16.3 Å². The molecule has 0 unspecified atom stereocenters. The van der Waals surface area contributed by atoms with E-state index >= 15 is 0 Å². The zero-order valence-corrected chi connectivity index (χ0v) is 16.6. The Morgan fingerprint density at radius 2 is 1.69 bits per heavy atom. The van der Waals surface area contributed by atoms with E-state index in [1.807, 2.05) is 0 Å². The maximum absolute atomic E-state index is 12.5. The van der Waals surface area contributed by atoms with Crippen LogP contribution in [0.3, 0.4) is 0 Å². The Hall–Kier alpha value is -2.60. The van der Waals surface area contributed by atoms with Crippen LogP contribution in [-0.4, -0.2) is 34.1 Å². The highest BCUT2D eigenvalue weighted by atomic mass is 32.1. The van der Waals surface area contributed by atoms with Gasteiger partial charge in [0.2, 0.25) is 5.84 Å². The number of amidine groups is 1. The number of nitrogens with two attached hydrogens (primary N) is 1. The van der Waals surface area contributed by atoms with Crippen molar-refractivity contribution in [2.75, 3.05) is 0 Å². The van der Waals surface area contributed by atoms with Gasteiger partial charge in [-0.2, -0.15) is 6.57 Å². The van der Waals surface area contributed by atoms with Crippen molar-refractivity contribution >= 4 is 29.4 Å². The first-order chi connectivity index (χ1) is 11.8. The van der Waals surface area contributed by atoms with Gasteiger partial charge < -0.3 is 15.2 Å². The molecule has 0 saturated carbocycles. The summed E-state index contributed by atoms with van der Waals surface area (Å²) in [6.07, 6.45) is -1.60. The summed E-state index contributed by atoms with van der Waals surface area (Å²) in [7, 11) is 0. The molecule has 0 fully saturated rings. The molecule has 0 saturated heterocycles. The minimum atomic E-state index is -0.801. The van der Waals surface area contributed by atoms with E-state index in [1.165, 1.54) is 11.3 Å². The highest BCUT2D eigenvalue weighted by Gasteiger charge is 2.31. The largest absolute Gasteiger partial charge is 0.443 e. The molecule has 0 atom stereocenters. The third kappa shape index (κ3) is 7.11. The van der Waals surface area contributed by atoms with Gasteiger partial charge in [-0.3, -0.25) is 0 Å². The van der Waals surface area contributed by atoms with E-state index < -0.39 is 23.4 Å². The van der Waals surface area contributed by atoms with E-state index in [1.54, 1.807) is 53.0 Å². The van der Waals surface area contributed by atoms with Crippen LogP contribution in [0.25, 0.3) is 4.95 Å². The average Bonchev–Trinajstić information content (AvgIpc) is 2.89. The summed E-state index contributed by atoms with van der Waals surface area (Å²) in [4.78, 5) is 29.3. The molecule has 142 valence electrons. The number of amides is 2. The standard InChI is InChI=1S/C17H24N4O4S/c1-16(2,3)24-14(22)21(15(23)25-17(4,5)6)9-12-8-11(10-26-12)13(18)20-19-7/h8,10H,9H2,1-6H3,(H2,18,20). The molecule has 1 rings (SSSR count). The first-order valence-corrected chi connectivity index (χ1v) is 8.71. The number of ether oxygens (including phenoxy) is 2. The predicted octanol–water partition coefficient (Wildman–Crippen LogP) is 3.96. The van der Waals surface area contributed by atoms with Crippen molar-refractivity contribution < 1.29 is 19.1 Å². The van der Waals surface area contributed by atoms with Crippen LogP contribution in [0, 0.1) is 6.57 Å². The van der Waals surface area contributed by atoms with Crippen LogP contribution >= 0.6 is 11.3 Å². The van der Waals surface area contributed by atoms with Crippen molar-refractivity contribution in [2.24, 2.45) is 10.8 Å². The Bertz CT molecular complexity index is 707. The van der Waals surface area contributed by atoms with Gasteiger partial charge in [-0.1, -0.05) is 0 Å². The molecule has 0 radical (unpaired) electrons. The maximum Gasteiger partial charge on any atom is 0.420 e. The summed E-state index contributed by atoms with van der Waals surface area (Å²) < 4.78 is 10.6. The van der Waals surface area contributed by atoms with Gasteiger partial charge in [0.1, 0.15) is 16.3 Å². The van der Waals surface area contributed by atoms with E-state index in [9.17, 15) is 9.59 Å². The van der Waals surface area contributed by atoms with E-state index in [-0.39, 0.29) is 12.4 Å². The van der Waals surface area contributed by atoms with Gasteiger partial charge in [0.15, 0.2) is 0 Å². The van der Waals surface area contributed by atoms with E-state index in [4.69, 9.17) is 21.8 Å². The second-order valence-corrected chi connectivity index (χ2v) is 8.43. The second kappa shape index (κ2) is 8.19. The highest BCUT2D eigenvalue weighted by molar-refractivity contribution is 7.10. The number of hydrogen-bond acceptors (Lipinski definition) is 6. The summed E-state index contributed by atoms with van der Waals surface area (Å²) >= 11 is 1.28. The van der Waals surface area contributed by atoms with Crippen molar-refractivity contribution in [3.8, 4) is 0 Å². The zero-order valence-electron chi connectivity index (χ0n) is 15.8. The fourth-order valence-corrected chi connectivity index (χ4v) is 2.57. The maximum atomic E-state index is 12.5. The number of hydrogen-bond donors (Lipinski definition) is 1. The lowest BCUT2D eigenvalue weighted by atomic mass is 10.2. The predicted molar refractivity (Wildman–Crippen MR) is 99.7 cm³/mol. The third-order valence-corrected chi connectivity index (χ3v) is 3.57. The van der Waals surface area contributed by atoms with Gasteiger partial charge in [-0.05, 0) is 47.6 Å². The third-order valence-electron chi connectivity index (χ3n) is 2.65. The Morgan fingerprint density at radius 3 is 2.12 bits per heavy atom. The average molecular weight is 380 g/mol. The molecule has 0 bridgehead atoms. The number of imide groups is 1. The fourth-order valence-electron chi connectivity index (χ4n) is 1.70. The Kier molecular flexibility index (Phi) is 6.75. The lowest BCUT2D eigenvalue weighted by Crippen LogP contribution is -2.43. The van der Waals surface area contributed by atoms with Gasteiger partial charge in [-0.25, -0.2) is 14.5 Å². The molecule has 0 spiro atoms. The molecule has 0 aliphatic carbocycles. The van der Waals surface area contributed by atoms with E-state index in [2.05, 4.69) is 10.1 Å². The fraction of sp³-hybridized carbons (Fsp3) is 0.529. The summed E-state index contributed by atoms with van der Waals surface area (Å²) in [6, 6.07) is 1.66. The molecule has 0 aliphatic rings. The van der Waals surface area contributed by atoms with Crippen LogP contribution in [0.5, 0.6) is 0 Å². The first-order valence-electron chi connectivity index (χ1n) is 7.83. The molecule has 1 aromatic rings. The molecule has 2 amide bonds. The van der Waals surface area contributed by atoms with Gasteiger partial charge >= 0.3 is 12.2 Å². The van der Waals surface area contributed by atoms with Crippen LogP contribution in [0.15, 0.2) is 16.5 Å². The summed E-state index contributed by atoms with van der Waals surface area (Å²) in [5, 5.41) is 5.15. The monoisotopic (exact) mass is 380 g/mol. The molecule has 26 heavy (non-hydrogen) atoms. The van der Waals surface area contributed by atoms with Gasteiger partial charge in [0.05, 0.1) is 6.54 Å². The van der Waals surface area contributed by atoms with Crippen molar-refractivity contribution in [3.05, 3.63) is 33.4 Å². The van der Waals surface area contributed by atoms with Crippen LogP contribution in [0.1, 0.15) is 52.0 Å². The van der Waals surface area contributed by atoms with Crippen LogP contribution < -0.4 is 5.73 Å². The van der Waals surface area contributed by atoms with E-state index in [0.717, 1.165) is 4.90 Å². The molecular weight excluding hydrogens is 356 g/mol. The molecule has 8 nitrogen and oxygen atoms in total. The number of thiophene rings is 1. The highest BCUT2D eigenvalue weighted by Crippen LogP contribution is 2.21. The quantitative estimate of drug-likeness (QED) is 0.370. The van der Waals surface area contributed by atoms with E-state index in [0.29, 0.717) is 10.4 Å². The normalized spacial score (nSPS) is 12.3. The Balaban J connectivity index is 3.06.